The summed E-state index contributed by atoms with van der Waals surface area (Å²) in [7, 11) is 0. The highest BCUT2D eigenvalue weighted by Crippen LogP contribution is 2.26. The molecule has 0 atom stereocenters. The van der Waals surface area contributed by atoms with Crippen LogP contribution in [-0.4, -0.2) is 68.5 Å². The molecule has 1 saturated heterocycles. The van der Waals surface area contributed by atoms with Gasteiger partial charge in [0.15, 0.2) is 0 Å². The van der Waals surface area contributed by atoms with Crippen LogP contribution in [0, 0.1) is 0 Å². The number of nitrogens with zero attached hydrogens (tertiary/aromatic N) is 6. The highest BCUT2D eigenvalue weighted by molar-refractivity contribution is 6.05. The van der Waals surface area contributed by atoms with Gasteiger partial charge in [0.05, 0.1) is 18.1 Å². The maximum Gasteiger partial charge on any atom is 0.257 e. The standard InChI is InChI=1S/C30H36N8O/c1-20(2)37-10-12-38(13-11-37)28-16-22(8-9-32-28)29(39)35-26-15-24-14-21(6-7-23(24)17-33-26)25-18-31-19-27(34-25)36-30(3,4)5/h6-9,14-20H,10-13H2,1-5H3,(H,34,36)(H,33,35,39). The quantitative estimate of drug-likeness (QED) is 0.360. The van der Waals surface area contributed by atoms with E-state index in [1.54, 1.807) is 30.9 Å². The van der Waals surface area contributed by atoms with E-state index in [0.29, 0.717) is 17.4 Å². The van der Waals surface area contributed by atoms with Gasteiger partial charge in [-0.1, -0.05) is 12.1 Å². The van der Waals surface area contributed by atoms with Gasteiger partial charge in [-0.15, -0.1) is 0 Å². The third-order valence-corrected chi connectivity index (χ3v) is 6.77. The lowest BCUT2D eigenvalue weighted by atomic mass is 10.1. The fourth-order valence-corrected chi connectivity index (χ4v) is 4.71. The van der Waals surface area contributed by atoms with E-state index in [2.05, 4.69) is 70.0 Å². The van der Waals surface area contributed by atoms with Gasteiger partial charge in [-0.25, -0.2) is 15.0 Å². The molecular formula is C30H36N8O. The van der Waals surface area contributed by atoms with Crippen molar-refractivity contribution in [1.29, 1.82) is 0 Å². The predicted molar refractivity (Wildman–Crippen MR) is 157 cm³/mol. The van der Waals surface area contributed by atoms with Crippen LogP contribution in [0.2, 0.25) is 0 Å². The summed E-state index contributed by atoms with van der Waals surface area (Å²) >= 11 is 0. The van der Waals surface area contributed by atoms with Crippen LogP contribution in [0.25, 0.3) is 22.0 Å². The number of benzene rings is 1. The first-order valence-corrected chi connectivity index (χ1v) is 13.4. The van der Waals surface area contributed by atoms with Gasteiger partial charge in [-0.05, 0) is 64.3 Å². The zero-order valence-electron chi connectivity index (χ0n) is 23.3. The Kier molecular flexibility index (Phi) is 7.43. The summed E-state index contributed by atoms with van der Waals surface area (Å²) in [6.07, 6.45) is 6.94. The molecule has 1 aliphatic rings. The number of pyridine rings is 2. The second-order valence-electron chi connectivity index (χ2n) is 11.3. The lowest BCUT2D eigenvalue weighted by Gasteiger charge is -2.37. The minimum absolute atomic E-state index is 0.117. The number of carbonyl (C=O) groups is 1. The first kappa shape index (κ1) is 26.5. The fourth-order valence-electron chi connectivity index (χ4n) is 4.71. The molecule has 5 rings (SSSR count). The molecule has 3 aromatic heterocycles. The van der Waals surface area contributed by atoms with E-state index < -0.39 is 0 Å². The Morgan fingerprint density at radius 3 is 2.44 bits per heavy atom. The third kappa shape index (κ3) is 6.49. The molecule has 202 valence electrons. The van der Waals surface area contributed by atoms with Crippen molar-refractivity contribution in [2.75, 3.05) is 41.7 Å². The monoisotopic (exact) mass is 524 g/mol. The Hall–Kier alpha value is -4.11. The number of carbonyl (C=O) groups excluding carboxylic acids is 1. The average Bonchev–Trinajstić information content (AvgIpc) is 2.92. The summed E-state index contributed by atoms with van der Waals surface area (Å²) in [5.74, 6) is 1.82. The van der Waals surface area contributed by atoms with Crippen LogP contribution in [0.3, 0.4) is 0 Å². The summed E-state index contributed by atoms with van der Waals surface area (Å²) in [5, 5.41) is 8.24. The molecule has 0 aliphatic carbocycles. The van der Waals surface area contributed by atoms with Crippen molar-refractivity contribution in [3.05, 3.63) is 66.7 Å². The number of piperazine rings is 1. The molecule has 2 N–H and O–H groups in total. The van der Waals surface area contributed by atoms with Gasteiger partial charge >= 0.3 is 0 Å². The Bertz CT molecular complexity index is 1470. The molecular weight excluding hydrogens is 488 g/mol. The van der Waals surface area contributed by atoms with E-state index in [1.165, 1.54) is 0 Å². The van der Waals surface area contributed by atoms with Crippen LogP contribution in [0.4, 0.5) is 17.5 Å². The summed E-state index contributed by atoms with van der Waals surface area (Å²) in [4.78, 5) is 35.9. The molecule has 0 bridgehead atoms. The number of anilines is 3. The number of hydrogen-bond acceptors (Lipinski definition) is 8. The van der Waals surface area contributed by atoms with Crippen molar-refractivity contribution >= 4 is 34.1 Å². The number of hydrogen-bond donors (Lipinski definition) is 2. The fraction of sp³-hybridized carbons (Fsp3) is 0.367. The average molecular weight is 525 g/mol. The van der Waals surface area contributed by atoms with Crippen molar-refractivity contribution in [3.63, 3.8) is 0 Å². The van der Waals surface area contributed by atoms with E-state index in [0.717, 1.165) is 59.8 Å². The molecule has 1 aromatic carbocycles. The molecule has 9 nitrogen and oxygen atoms in total. The Balaban J connectivity index is 1.32. The van der Waals surface area contributed by atoms with Crippen molar-refractivity contribution in [2.45, 2.75) is 46.2 Å². The lowest BCUT2D eigenvalue weighted by molar-refractivity contribution is 0.102. The van der Waals surface area contributed by atoms with Gasteiger partial charge in [0, 0.05) is 66.7 Å². The molecule has 1 amide bonds. The molecule has 0 saturated carbocycles. The normalized spacial score (nSPS) is 14.6. The van der Waals surface area contributed by atoms with E-state index in [1.807, 2.05) is 30.3 Å². The van der Waals surface area contributed by atoms with Crippen molar-refractivity contribution in [2.24, 2.45) is 0 Å². The summed E-state index contributed by atoms with van der Waals surface area (Å²) in [5.41, 5.74) is 2.15. The van der Waals surface area contributed by atoms with Crippen LogP contribution in [0.1, 0.15) is 45.0 Å². The van der Waals surface area contributed by atoms with Crippen molar-refractivity contribution in [3.8, 4) is 11.3 Å². The first-order valence-electron chi connectivity index (χ1n) is 13.4. The van der Waals surface area contributed by atoms with E-state index in [-0.39, 0.29) is 11.4 Å². The Morgan fingerprint density at radius 2 is 1.69 bits per heavy atom. The van der Waals surface area contributed by atoms with Crippen molar-refractivity contribution in [1.82, 2.24) is 24.8 Å². The lowest BCUT2D eigenvalue weighted by Crippen LogP contribution is -2.49. The predicted octanol–water partition coefficient (Wildman–Crippen LogP) is 5.08. The summed E-state index contributed by atoms with van der Waals surface area (Å²) in [6, 6.07) is 12.1. The molecule has 1 fully saturated rings. The molecule has 1 aliphatic heterocycles. The van der Waals surface area contributed by atoms with Gasteiger partial charge in [0.25, 0.3) is 5.91 Å². The number of aromatic nitrogens is 4. The second kappa shape index (κ2) is 10.9. The first-order chi connectivity index (χ1) is 18.6. The molecule has 9 heteroatoms. The Labute approximate surface area is 229 Å². The number of rotatable bonds is 6. The second-order valence-corrected chi connectivity index (χ2v) is 11.3. The third-order valence-electron chi connectivity index (χ3n) is 6.77. The number of fused-ring (bicyclic) bond motifs is 1. The molecule has 0 spiro atoms. The van der Waals surface area contributed by atoms with Crippen LogP contribution < -0.4 is 15.5 Å². The topological polar surface area (TPSA) is 99.2 Å². The summed E-state index contributed by atoms with van der Waals surface area (Å²) < 4.78 is 0. The van der Waals surface area contributed by atoms with Crippen LogP contribution >= 0.6 is 0 Å². The minimum Gasteiger partial charge on any atom is -0.364 e. The highest BCUT2D eigenvalue weighted by Gasteiger charge is 2.20. The van der Waals surface area contributed by atoms with Crippen LogP contribution in [0.15, 0.2) is 61.2 Å². The molecule has 0 radical (unpaired) electrons. The number of nitrogens with one attached hydrogen (secondary N) is 2. The Morgan fingerprint density at radius 1 is 0.897 bits per heavy atom. The van der Waals surface area contributed by atoms with E-state index >= 15 is 0 Å². The van der Waals surface area contributed by atoms with Gasteiger partial charge in [0.1, 0.15) is 17.5 Å². The van der Waals surface area contributed by atoms with Gasteiger partial charge in [-0.2, -0.15) is 0 Å². The molecule has 4 heterocycles. The van der Waals surface area contributed by atoms with Gasteiger partial charge in [-0.3, -0.25) is 14.7 Å². The molecule has 4 aromatic rings. The maximum absolute atomic E-state index is 13.1. The molecule has 0 unspecified atom stereocenters. The van der Waals surface area contributed by atoms with Crippen LogP contribution in [0.5, 0.6) is 0 Å². The van der Waals surface area contributed by atoms with Gasteiger partial charge < -0.3 is 15.5 Å². The van der Waals surface area contributed by atoms with E-state index in [9.17, 15) is 4.79 Å². The smallest absolute Gasteiger partial charge is 0.257 e. The largest absolute Gasteiger partial charge is 0.364 e. The highest BCUT2D eigenvalue weighted by atomic mass is 16.1. The number of amides is 1. The maximum atomic E-state index is 13.1. The zero-order chi connectivity index (χ0) is 27.6. The summed E-state index contributed by atoms with van der Waals surface area (Å²) in [6.45, 7) is 14.5. The zero-order valence-corrected chi connectivity index (χ0v) is 23.3. The van der Waals surface area contributed by atoms with Crippen LogP contribution in [-0.2, 0) is 0 Å². The SMILES string of the molecule is CC(C)N1CCN(c2cc(C(=O)Nc3cc4cc(-c5cncc(NC(C)(C)C)n5)ccc4cn3)ccn2)CC1. The van der Waals surface area contributed by atoms with E-state index in [4.69, 9.17) is 4.98 Å². The molecule has 39 heavy (non-hydrogen) atoms. The minimum atomic E-state index is -0.214. The van der Waals surface area contributed by atoms with Gasteiger partial charge in [0.2, 0.25) is 0 Å². The van der Waals surface area contributed by atoms with Crippen molar-refractivity contribution < 1.29 is 4.79 Å².